The van der Waals surface area contributed by atoms with Crippen molar-refractivity contribution < 1.29 is 8.42 Å². The van der Waals surface area contributed by atoms with Gasteiger partial charge in [0.1, 0.15) is 4.90 Å². The summed E-state index contributed by atoms with van der Waals surface area (Å²) in [7, 11) is -3.63. The Morgan fingerprint density at radius 3 is 2.74 bits per heavy atom. The molecule has 0 spiro atoms. The second-order valence-corrected chi connectivity index (χ2v) is 6.75. The molecule has 2 rings (SSSR count). The van der Waals surface area contributed by atoms with E-state index >= 15 is 0 Å². The number of nitrogens with two attached hydrogens (primary N) is 1. The van der Waals surface area contributed by atoms with Crippen LogP contribution in [0.2, 0.25) is 0 Å². The average molecular weight is 297 g/mol. The number of rotatable bonds is 4. The Morgan fingerprint density at radius 2 is 2.11 bits per heavy atom. The lowest BCUT2D eigenvalue weighted by atomic mass is 10.3. The van der Waals surface area contributed by atoms with Crippen LogP contribution in [-0.2, 0) is 16.6 Å². The zero-order chi connectivity index (χ0) is 14.0. The van der Waals surface area contributed by atoms with Crippen molar-refractivity contribution in [1.82, 2.24) is 4.98 Å². The number of aromatic nitrogens is 1. The Morgan fingerprint density at radius 1 is 1.37 bits per heavy atom. The quantitative estimate of drug-likeness (QED) is 0.904. The maximum atomic E-state index is 12.4. The van der Waals surface area contributed by atoms with E-state index in [1.807, 2.05) is 6.92 Å². The van der Waals surface area contributed by atoms with E-state index in [1.165, 1.54) is 17.5 Å². The number of thiophene rings is 1. The predicted octanol–water partition coefficient (Wildman–Crippen LogP) is 2.02. The fourth-order valence-electron chi connectivity index (χ4n) is 1.76. The third-order valence-corrected chi connectivity index (χ3v) is 5.58. The first-order valence-electron chi connectivity index (χ1n) is 5.66. The highest BCUT2D eigenvalue weighted by Gasteiger charge is 2.23. The lowest BCUT2D eigenvalue weighted by Crippen LogP contribution is -2.16. The maximum Gasteiger partial charge on any atom is 0.263 e. The van der Waals surface area contributed by atoms with Crippen LogP contribution in [0.1, 0.15) is 16.0 Å². The topological polar surface area (TPSA) is 85.1 Å². The Kier molecular flexibility index (Phi) is 3.88. The van der Waals surface area contributed by atoms with Gasteiger partial charge in [0.15, 0.2) is 0 Å². The number of aryl methyl sites for hydroxylation is 2. The molecule has 5 nitrogen and oxygen atoms in total. The summed E-state index contributed by atoms with van der Waals surface area (Å²) in [6.07, 6.45) is 3.12. The molecule has 0 saturated heterocycles. The summed E-state index contributed by atoms with van der Waals surface area (Å²) >= 11 is 1.36. The number of pyridine rings is 1. The molecule has 0 amide bonds. The molecule has 0 aliphatic carbocycles. The first kappa shape index (κ1) is 14.0. The van der Waals surface area contributed by atoms with Crippen LogP contribution in [0.3, 0.4) is 0 Å². The first-order valence-corrected chi connectivity index (χ1v) is 8.02. The third-order valence-electron chi connectivity index (χ3n) is 2.73. The van der Waals surface area contributed by atoms with Gasteiger partial charge in [-0.25, -0.2) is 8.42 Å². The lowest BCUT2D eigenvalue weighted by molar-refractivity contribution is 0.600. The smallest absolute Gasteiger partial charge is 0.263 e. The molecule has 2 aromatic heterocycles. The van der Waals surface area contributed by atoms with Crippen molar-refractivity contribution >= 4 is 27.0 Å². The molecule has 3 N–H and O–H groups in total. The maximum absolute atomic E-state index is 12.4. The van der Waals surface area contributed by atoms with Gasteiger partial charge < -0.3 is 5.73 Å². The molecule has 0 atom stereocenters. The summed E-state index contributed by atoms with van der Waals surface area (Å²) in [5.74, 6) is 0. The molecule has 0 radical (unpaired) electrons. The molecule has 0 aromatic carbocycles. The summed E-state index contributed by atoms with van der Waals surface area (Å²) in [5.41, 5.74) is 7.60. The number of hydrogen-bond donors (Lipinski definition) is 2. The number of hydrogen-bond acceptors (Lipinski definition) is 5. The first-order chi connectivity index (χ1) is 8.95. The highest BCUT2D eigenvalue weighted by atomic mass is 32.2. The van der Waals surface area contributed by atoms with Crippen molar-refractivity contribution in [1.29, 1.82) is 0 Å². The molecule has 0 bridgehead atoms. The molecule has 0 saturated carbocycles. The van der Waals surface area contributed by atoms with Gasteiger partial charge in [0.2, 0.25) is 0 Å². The molecule has 7 heteroatoms. The van der Waals surface area contributed by atoms with Crippen LogP contribution in [0.4, 0.5) is 5.69 Å². The van der Waals surface area contributed by atoms with E-state index in [0.29, 0.717) is 16.1 Å². The zero-order valence-electron chi connectivity index (χ0n) is 10.7. The fourth-order valence-corrected chi connectivity index (χ4v) is 4.58. The Hall–Kier alpha value is -1.44. The van der Waals surface area contributed by atoms with Crippen LogP contribution in [0.5, 0.6) is 0 Å². The number of sulfonamides is 1. The van der Waals surface area contributed by atoms with Gasteiger partial charge in [0, 0.05) is 17.6 Å². The van der Waals surface area contributed by atoms with E-state index < -0.39 is 10.0 Å². The van der Waals surface area contributed by atoms with Crippen molar-refractivity contribution in [3.05, 3.63) is 39.8 Å². The highest BCUT2D eigenvalue weighted by molar-refractivity contribution is 7.93. The molecule has 2 aromatic rings. The van der Waals surface area contributed by atoms with E-state index in [1.54, 1.807) is 24.6 Å². The molecule has 0 aliphatic heterocycles. The van der Waals surface area contributed by atoms with Crippen LogP contribution in [0, 0.1) is 13.8 Å². The summed E-state index contributed by atoms with van der Waals surface area (Å²) < 4.78 is 27.4. The van der Waals surface area contributed by atoms with Gasteiger partial charge in [0.05, 0.1) is 11.9 Å². The second-order valence-electron chi connectivity index (χ2n) is 4.17. The van der Waals surface area contributed by atoms with Gasteiger partial charge in [-0.05, 0) is 36.4 Å². The number of nitrogens with zero attached hydrogens (tertiary/aromatic N) is 1. The number of nitrogens with one attached hydrogen (secondary N) is 1. The van der Waals surface area contributed by atoms with Gasteiger partial charge in [0.25, 0.3) is 10.0 Å². The summed E-state index contributed by atoms with van der Waals surface area (Å²) in [6, 6.07) is 1.75. The van der Waals surface area contributed by atoms with Crippen molar-refractivity contribution in [2.75, 3.05) is 4.72 Å². The summed E-state index contributed by atoms with van der Waals surface area (Å²) in [6.45, 7) is 3.80. The molecule has 0 fully saturated rings. The SMILES string of the molecule is Cc1ccncc1NS(=O)(=O)c1c(C)csc1CN. The minimum atomic E-state index is -3.63. The van der Waals surface area contributed by atoms with Crippen molar-refractivity contribution in [3.8, 4) is 0 Å². The fraction of sp³-hybridized carbons (Fsp3) is 0.250. The van der Waals surface area contributed by atoms with Crippen molar-refractivity contribution in [3.63, 3.8) is 0 Å². The van der Waals surface area contributed by atoms with E-state index in [2.05, 4.69) is 9.71 Å². The van der Waals surface area contributed by atoms with Gasteiger partial charge in [-0.1, -0.05) is 0 Å². The Balaban J connectivity index is 2.44. The minimum absolute atomic E-state index is 0.209. The van der Waals surface area contributed by atoms with Crippen LogP contribution >= 0.6 is 11.3 Å². The van der Waals surface area contributed by atoms with E-state index in [-0.39, 0.29) is 11.4 Å². The molecule has 0 unspecified atom stereocenters. The van der Waals surface area contributed by atoms with Crippen LogP contribution in [0.15, 0.2) is 28.7 Å². The third kappa shape index (κ3) is 2.78. The Labute approximate surface area is 116 Å². The normalized spacial score (nSPS) is 11.5. The molecular formula is C12H15N3O2S2. The molecule has 102 valence electrons. The average Bonchev–Trinajstić information content (AvgIpc) is 2.74. The number of anilines is 1. The van der Waals surface area contributed by atoms with Gasteiger partial charge in [-0.15, -0.1) is 11.3 Å². The second kappa shape index (κ2) is 5.28. The largest absolute Gasteiger partial charge is 0.326 e. The molecule has 19 heavy (non-hydrogen) atoms. The van der Waals surface area contributed by atoms with E-state index in [9.17, 15) is 8.42 Å². The monoisotopic (exact) mass is 297 g/mol. The lowest BCUT2D eigenvalue weighted by Gasteiger charge is -2.11. The summed E-state index contributed by atoms with van der Waals surface area (Å²) in [4.78, 5) is 4.87. The van der Waals surface area contributed by atoms with E-state index in [4.69, 9.17) is 5.73 Å². The molecule has 0 aliphatic rings. The Bertz CT molecular complexity index is 693. The summed E-state index contributed by atoms with van der Waals surface area (Å²) in [5, 5.41) is 1.80. The zero-order valence-corrected chi connectivity index (χ0v) is 12.3. The minimum Gasteiger partial charge on any atom is -0.326 e. The van der Waals surface area contributed by atoms with Crippen LogP contribution in [-0.4, -0.2) is 13.4 Å². The molecular weight excluding hydrogens is 282 g/mol. The highest BCUT2D eigenvalue weighted by Crippen LogP contribution is 2.28. The van der Waals surface area contributed by atoms with Crippen molar-refractivity contribution in [2.45, 2.75) is 25.3 Å². The predicted molar refractivity (Wildman–Crippen MR) is 76.7 cm³/mol. The van der Waals surface area contributed by atoms with Gasteiger partial charge >= 0.3 is 0 Å². The molecule has 2 heterocycles. The van der Waals surface area contributed by atoms with Gasteiger partial charge in [-0.3, -0.25) is 9.71 Å². The van der Waals surface area contributed by atoms with Crippen molar-refractivity contribution in [2.24, 2.45) is 5.73 Å². The van der Waals surface area contributed by atoms with Crippen LogP contribution < -0.4 is 10.5 Å². The standard InChI is InChI=1S/C12H15N3O2S2/c1-8-3-4-14-6-10(8)15-19(16,17)12-9(2)7-18-11(12)5-13/h3-4,6-7,15H,5,13H2,1-2H3. The van der Waals surface area contributed by atoms with Gasteiger partial charge in [-0.2, -0.15) is 0 Å². The van der Waals surface area contributed by atoms with E-state index in [0.717, 1.165) is 5.56 Å². The van der Waals surface area contributed by atoms with Crippen LogP contribution in [0.25, 0.3) is 0 Å².